The van der Waals surface area contributed by atoms with Crippen LogP contribution in [0.15, 0.2) is 73.4 Å². The van der Waals surface area contributed by atoms with Crippen molar-refractivity contribution in [3.05, 3.63) is 102 Å². The molecule has 3 aliphatic rings. The van der Waals surface area contributed by atoms with Crippen LogP contribution in [0, 0.1) is 12.8 Å². The summed E-state index contributed by atoms with van der Waals surface area (Å²) in [6, 6.07) is 14.4. The third-order valence-corrected chi connectivity index (χ3v) is 9.54. The fourth-order valence-electron chi connectivity index (χ4n) is 6.43. The van der Waals surface area contributed by atoms with Crippen LogP contribution in [0.3, 0.4) is 0 Å². The van der Waals surface area contributed by atoms with Crippen LogP contribution >= 0.6 is 0 Å². The number of likely N-dealkylation sites (N-methyl/N-ethyl adjacent to an activating group) is 1. The van der Waals surface area contributed by atoms with E-state index in [-0.39, 0.29) is 55.7 Å². The third kappa shape index (κ3) is 6.89. The highest BCUT2D eigenvalue weighted by Crippen LogP contribution is 2.46. The summed E-state index contributed by atoms with van der Waals surface area (Å²) < 4.78 is 7.50. The molecule has 264 valence electrons. The summed E-state index contributed by atoms with van der Waals surface area (Å²) in [5, 5.41) is 2.89. The number of nitrogens with zero attached hydrogens (tertiary/aromatic N) is 9. The molecule has 52 heavy (non-hydrogen) atoms. The number of imide groups is 1. The quantitative estimate of drug-likeness (QED) is 0.148. The van der Waals surface area contributed by atoms with Crippen molar-refractivity contribution in [3.8, 4) is 0 Å². The second-order valence-corrected chi connectivity index (χ2v) is 13.5. The van der Waals surface area contributed by atoms with Gasteiger partial charge in [0.25, 0.3) is 0 Å². The highest BCUT2D eigenvalue weighted by Gasteiger charge is 2.46. The summed E-state index contributed by atoms with van der Waals surface area (Å²) in [7, 11) is 1.47. The van der Waals surface area contributed by atoms with Gasteiger partial charge in [0, 0.05) is 49.2 Å². The number of pyridine rings is 1. The van der Waals surface area contributed by atoms with Crippen LogP contribution in [0.2, 0.25) is 0 Å². The smallest absolute Gasteiger partial charge is 0.331 e. The van der Waals surface area contributed by atoms with Gasteiger partial charge < -0.3 is 19.4 Å². The number of aromatic nitrogens is 6. The van der Waals surface area contributed by atoms with Gasteiger partial charge in [-0.05, 0) is 55.4 Å². The average Bonchev–Trinajstić information content (AvgIpc) is 4.08. The van der Waals surface area contributed by atoms with Gasteiger partial charge in [0.1, 0.15) is 43.5 Å². The maximum absolute atomic E-state index is 13.3. The topological polar surface area (TPSA) is 168 Å². The number of anilines is 3. The molecule has 3 fully saturated rings. The van der Waals surface area contributed by atoms with Crippen molar-refractivity contribution in [2.24, 2.45) is 5.92 Å². The summed E-state index contributed by atoms with van der Waals surface area (Å²) in [5.41, 5.74) is 4.40. The molecule has 4 amide bonds. The number of urea groups is 1. The first-order chi connectivity index (χ1) is 25.2. The van der Waals surface area contributed by atoms with E-state index >= 15 is 0 Å². The molecule has 2 atom stereocenters. The Hall–Kier alpha value is -6.25. The zero-order valence-corrected chi connectivity index (χ0v) is 28.7. The molecule has 0 bridgehead atoms. The molecule has 1 aliphatic heterocycles. The fraction of sp³-hybridized carbons (Fsp3) is 0.324. The van der Waals surface area contributed by atoms with E-state index in [1.807, 2.05) is 66.2 Å². The second kappa shape index (κ2) is 13.5. The number of rotatable bonds is 12. The van der Waals surface area contributed by atoms with Crippen LogP contribution in [0.5, 0.6) is 0 Å². The normalized spacial score (nSPS) is 18.2. The molecule has 15 heteroatoms. The number of amides is 4. The number of imidazole rings is 1. The van der Waals surface area contributed by atoms with Crippen molar-refractivity contribution in [2.45, 2.75) is 51.2 Å². The Bertz CT molecular complexity index is 2200. The second-order valence-electron chi connectivity index (χ2n) is 13.5. The maximum atomic E-state index is 13.3. The molecule has 5 aromatic rings. The minimum atomic E-state index is -0.489. The predicted molar refractivity (Wildman–Crippen MR) is 188 cm³/mol. The highest BCUT2D eigenvalue weighted by molar-refractivity contribution is 6.13. The van der Waals surface area contributed by atoms with E-state index in [9.17, 15) is 19.2 Å². The van der Waals surface area contributed by atoms with Gasteiger partial charge >= 0.3 is 12.0 Å². The van der Waals surface area contributed by atoms with Gasteiger partial charge in [-0.3, -0.25) is 24.2 Å². The lowest BCUT2D eigenvalue weighted by molar-refractivity contribution is -0.143. The molecular weight excluding hydrogens is 664 g/mol. The molecule has 0 spiro atoms. The largest absolute Gasteiger partial charge is 0.459 e. The molecule has 1 aromatic carbocycles. The monoisotopic (exact) mass is 700 g/mol. The van der Waals surface area contributed by atoms with Crippen molar-refractivity contribution in [3.63, 3.8) is 0 Å². The van der Waals surface area contributed by atoms with Gasteiger partial charge in [0.05, 0.1) is 17.9 Å². The lowest BCUT2D eigenvalue weighted by atomic mass is 10.1. The van der Waals surface area contributed by atoms with Crippen molar-refractivity contribution in [1.29, 1.82) is 0 Å². The van der Waals surface area contributed by atoms with Crippen LogP contribution in [-0.2, 0) is 32.3 Å². The molecule has 1 N–H and O–H groups in total. The minimum Gasteiger partial charge on any atom is -0.459 e. The van der Waals surface area contributed by atoms with Gasteiger partial charge in [-0.2, -0.15) is 0 Å². The fourth-order valence-corrected chi connectivity index (χ4v) is 6.43. The van der Waals surface area contributed by atoms with Crippen LogP contribution in [0.4, 0.5) is 22.1 Å². The Labute approximate surface area is 298 Å². The number of nitrogens with one attached hydrogen (secondary N) is 1. The lowest BCUT2D eigenvalue weighted by Crippen LogP contribution is -2.31. The molecule has 1 saturated heterocycles. The lowest BCUT2D eigenvalue weighted by Gasteiger charge is -2.22. The number of esters is 1. The van der Waals surface area contributed by atoms with Gasteiger partial charge in [0.15, 0.2) is 5.65 Å². The first-order valence-corrected chi connectivity index (χ1v) is 17.2. The summed E-state index contributed by atoms with van der Waals surface area (Å²) in [6.07, 6.45) is 9.61. The first kappa shape index (κ1) is 32.9. The van der Waals surface area contributed by atoms with E-state index in [0.29, 0.717) is 41.0 Å². The number of hydrogen-bond donors (Lipinski definition) is 1. The molecule has 0 radical (unpaired) electrons. The predicted octanol–water partition coefficient (Wildman–Crippen LogP) is 3.99. The van der Waals surface area contributed by atoms with Crippen LogP contribution in [0.25, 0.3) is 5.65 Å². The molecular formula is C37H36N10O5. The number of ether oxygens (including phenoxy) is 1. The summed E-state index contributed by atoms with van der Waals surface area (Å²) >= 11 is 0. The third-order valence-electron chi connectivity index (χ3n) is 9.54. The molecule has 2 aliphatic carbocycles. The van der Waals surface area contributed by atoms with Crippen molar-refractivity contribution in [2.75, 3.05) is 35.3 Å². The SMILES string of the molecule is Cc1ccnc([C@H]2C[C@@H]2C(=O)Nc2cc(N(CC(=O)OCc3ccccc3)Cc3cn4cc(C5CC5)cc(N5CC(=O)N(C)C5=O)c4n3)ncn2)n1. The van der Waals surface area contributed by atoms with Gasteiger partial charge in [0.2, 0.25) is 11.8 Å². The number of fused-ring (bicyclic) bond motifs is 1. The number of carbonyl (C=O) groups excluding carboxylic acids is 4. The van der Waals surface area contributed by atoms with Gasteiger partial charge in [-0.1, -0.05) is 30.3 Å². The summed E-state index contributed by atoms with van der Waals surface area (Å²) in [5.74, 6) is 0.346. The summed E-state index contributed by atoms with van der Waals surface area (Å²) in [4.78, 5) is 78.7. The highest BCUT2D eigenvalue weighted by atomic mass is 16.5. The van der Waals surface area contributed by atoms with Crippen LogP contribution < -0.4 is 15.1 Å². The van der Waals surface area contributed by atoms with E-state index in [1.165, 1.54) is 18.3 Å². The van der Waals surface area contributed by atoms with E-state index in [1.54, 1.807) is 17.2 Å². The Balaban J connectivity index is 1.06. The Morgan fingerprint density at radius 2 is 1.85 bits per heavy atom. The molecule has 4 aromatic heterocycles. The zero-order valence-electron chi connectivity index (χ0n) is 28.7. The molecule has 5 heterocycles. The average molecular weight is 701 g/mol. The number of aryl methyl sites for hydroxylation is 1. The van der Waals surface area contributed by atoms with E-state index in [0.717, 1.165) is 34.6 Å². The molecule has 2 saturated carbocycles. The minimum absolute atomic E-state index is 0.0631. The standard InChI is InChI=1S/C37H36N10O5/c1-22-10-11-38-34(41-22)27-13-28(27)36(50)43-30-14-31(40-21-39-30)45(19-33(49)52-20-23-6-4-3-5-7-23)16-26-17-46-15-25(24-8-9-24)12-29(35(46)42-26)47-18-32(48)44(2)37(47)51/h3-7,10-12,14-15,17,21,24,27-28H,8-9,13,16,18-20H2,1-2H3,(H,39,40,43,50)/t27-,28-/m0/s1. The Morgan fingerprint density at radius 1 is 1.02 bits per heavy atom. The molecule has 0 unspecified atom stereocenters. The van der Waals surface area contributed by atoms with E-state index < -0.39 is 12.0 Å². The van der Waals surface area contributed by atoms with Gasteiger partial charge in [-0.25, -0.2) is 29.7 Å². The number of carbonyl (C=O) groups is 4. The van der Waals surface area contributed by atoms with Crippen LogP contribution in [0.1, 0.15) is 59.4 Å². The van der Waals surface area contributed by atoms with Crippen molar-refractivity contribution < 1.29 is 23.9 Å². The maximum Gasteiger partial charge on any atom is 0.331 e. The Morgan fingerprint density at radius 3 is 2.60 bits per heavy atom. The Kier molecular flexibility index (Phi) is 8.53. The summed E-state index contributed by atoms with van der Waals surface area (Å²) in [6.45, 7) is 1.87. The van der Waals surface area contributed by atoms with Crippen molar-refractivity contribution in [1.82, 2.24) is 34.2 Å². The zero-order chi connectivity index (χ0) is 35.9. The number of benzene rings is 1. The van der Waals surface area contributed by atoms with Crippen LogP contribution in [-0.4, -0.2) is 78.2 Å². The van der Waals surface area contributed by atoms with Crippen molar-refractivity contribution >= 4 is 46.8 Å². The van der Waals surface area contributed by atoms with E-state index in [2.05, 4.69) is 25.3 Å². The molecule has 15 nitrogen and oxygen atoms in total. The first-order valence-electron chi connectivity index (χ1n) is 17.2. The number of hydrogen-bond acceptors (Lipinski definition) is 11. The van der Waals surface area contributed by atoms with E-state index in [4.69, 9.17) is 9.72 Å². The van der Waals surface area contributed by atoms with Gasteiger partial charge in [-0.15, -0.1) is 0 Å². The molecule has 8 rings (SSSR count).